The van der Waals surface area contributed by atoms with Gasteiger partial charge < -0.3 is 25.2 Å². The summed E-state index contributed by atoms with van der Waals surface area (Å²) in [6.45, 7) is 1.66. The first-order valence-corrected chi connectivity index (χ1v) is 14.4. The lowest BCUT2D eigenvalue weighted by Gasteiger charge is -2.35. The van der Waals surface area contributed by atoms with Crippen molar-refractivity contribution < 1.29 is 45.7 Å². The monoisotopic (exact) mass is 622 g/mol. The zero-order chi connectivity index (χ0) is 31.2. The van der Waals surface area contributed by atoms with E-state index in [1.54, 1.807) is 6.92 Å². The third-order valence-electron chi connectivity index (χ3n) is 9.39. The molecule has 1 aliphatic heterocycles. The number of hydrogen-bond acceptors (Lipinski definition) is 6. The highest BCUT2D eigenvalue weighted by Crippen LogP contribution is 2.59. The Morgan fingerprint density at radius 3 is 2.57 bits per heavy atom. The fourth-order valence-corrected chi connectivity index (χ4v) is 7.28. The van der Waals surface area contributed by atoms with Gasteiger partial charge in [-0.05, 0) is 87.3 Å². The first-order chi connectivity index (χ1) is 20.7. The van der Waals surface area contributed by atoms with Crippen LogP contribution in [0.4, 0.5) is 32.0 Å². The molecule has 3 fully saturated rings. The summed E-state index contributed by atoms with van der Waals surface area (Å²) in [5.74, 6) is -1.69. The molecule has 3 atom stereocenters. The van der Waals surface area contributed by atoms with Gasteiger partial charge in [-0.2, -0.15) is 18.3 Å². The van der Waals surface area contributed by atoms with Gasteiger partial charge in [-0.25, -0.2) is 9.07 Å². The summed E-state index contributed by atoms with van der Waals surface area (Å²) in [4.78, 5) is 11.8. The number of carboxylic acid groups (broad SMARTS) is 1. The van der Waals surface area contributed by atoms with Crippen LogP contribution in [0.25, 0.3) is 5.69 Å². The molecule has 1 aromatic heterocycles. The van der Waals surface area contributed by atoms with E-state index in [-0.39, 0.29) is 46.8 Å². The quantitative estimate of drug-likeness (QED) is 0.251. The SMILES string of the molecule is C[C@H](Nc1cc(-n2nc(C(F)(F)F)c3c2[C@@H](NC2CC4(C(=O)O)CC2C4)CCC3)ccc1F)c1ccc2c(c1)OC(F)(F)O2. The lowest BCUT2D eigenvalue weighted by molar-refractivity contribution is -0.286. The Kier molecular flexibility index (Phi) is 6.40. The maximum atomic E-state index is 15.0. The standard InChI is InChI=1S/C30H28F6N4O4/c1-14(15-5-8-23-24(9-15)44-30(35,36)43-23)37-21-10-17(6-7-19(21)31)40-25-18(26(39-40)29(32,33)34)3-2-4-20(25)38-22-13-28(27(41)42)11-16(22)12-28/h5-10,14,16,20,22,37-38H,2-4,11-13H2,1H3,(H,41,42)/t14-,16?,20-,22?,28?/m0/s1. The highest BCUT2D eigenvalue weighted by molar-refractivity contribution is 5.77. The molecule has 44 heavy (non-hydrogen) atoms. The second kappa shape index (κ2) is 9.78. The van der Waals surface area contributed by atoms with Crippen molar-refractivity contribution in [3.63, 3.8) is 0 Å². The Labute approximate surface area is 247 Å². The minimum atomic E-state index is -4.72. The van der Waals surface area contributed by atoms with E-state index in [2.05, 4.69) is 25.2 Å². The largest absolute Gasteiger partial charge is 0.586 e. The maximum Gasteiger partial charge on any atom is 0.586 e. The van der Waals surface area contributed by atoms with E-state index in [1.807, 2.05) is 0 Å². The van der Waals surface area contributed by atoms with Crippen molar-refractivity contribution in [3.8, 4) is 17.2 Å². The van der Waals surface area contributed by atoms with Crippen LogP contribution < -0.4 is 20.1 Å². The van der Waals surface area contributed by atoms with E-state index in [0.717, 1.165) is 6.07 Å². The molecule has 0 saturated heterocycles. The Morgan fingerprint density at radius 2 is 1.86 bits per heavy atom. The second-order valence-electron chi connectivity index (χ2n) is 12.2. The molecular formula is C30H28F6N4O4. The molecule has 2 bridgehead atoms. The Balaban J connectivity index is 1.20. The first-order valence-electron chi connectivity index (χ1n) is 14.4. The molecule has 8 rings (SSSR count). The second-order valence-corrected chi connectivity index (χ2v) is 12.2. The van der Waals surface area contributed by atoms with E-state index in [1.165, 1.54) is 35.0 Å². The third-order valence-corrected chi connectivity index (χ3v) is 9.39. The van der Waals surface area contributed by atoms with Gasteiger partial charge in [0, 0.05) is 17.6 Å². The average molecular weight is 623 g/mol. The molecule has 3 aromatic rings. The van der Waals surface area contributed by atoms with Gasteiger partial charge in [-0.1, -0.05) is 6.07 Å². The minimum absolute atomic E-state index is 0.0314. The van der Waals surface area contributed by atoms with Crippen LogP contribution >= 0.6 is 0 Å². The van der Waals surface area contributed by atoms with Gasteiger partial charge in [0.25, 0.3) is 0 Å². The average Bonchev–Trinajstić information content (AvgIpc) is 3.66. The molecule has 0 amide bonds. The fourth-order valence-electron chi connectivity index (χ4n) is 7.28. The van der Waals surface area contributed by atoms with Crippen molar-refractivity contribution in [2.75, 3.05) is 5.32 Å². The van der Waals surface area contributed by atoms with Crippen molar-refractivity contribution in [2.45, 2.75) is 76.0 Å². The van der Waals surface area contributed by atoms with Gasteiger partial charge in [-0.15, -0.1) is 8.78 Å². The number of rotatable bonds is 7. The van der Waals surface area contributed by atoms with Gasteiger partial charge in [0.05, 0.1) is 28.5 Å². The molecular weight excluding hydrogens is 594 g/mol. The number of anilines is 1. The van der Waals surface area contributed by atoms with Crippen LogP contribution in [0.1, 0.15) is 73.6 Å². The van der Waals surface area contributed by atoms with Gasteiger partial charge in [-0.3, -0.25) is 4.79 Å². The molecule has 8 nitrogen and oxygen atoms in total. The highest BCUT2D eigenvalue weighted by atomic mass is 19.4. The van der Waals surface area contributed by atoms with Crippen LogP contribution in [0.3, 0.4) is 0 Å². The number of fused-ring (bicyclic) bond motifs is 3. The molecule has 2 aromatic carbocycles. The van der Waals surface area contributed by atoms with Gasteiger partial charge in [0.2, 0.25) is 0 Å². The maximum absolute atomic E-state index is 15.0. The Hall–Kier alpha value is -3.94. The smallest absolute Gasteiger partial charge is 0.481 e. The van der Waals surface area contributed by atoms with Crippen LogP contribution in [0.5, 0.6) is 11.5 Å². The van der Waals surface area contributed by atoms with Crippen molar-refractivity contribution >= 4 is 11.7 Å². The van der Waals surface area contributed by atoms with E-state index in [9.17, 15) is 31.9 Å². The van der Waals surface area contributed by atoms with Gasteiger partial charge in [0.1, 0.15) is 5.82 Å². The molecule has 2 heterocycles. The topological polar surface area (TPSA) is 97.6 Å². The summed E-state index contributed by atoms with van der Waals surface area (Å²) < 4.78 is 94.7. The highest BCUT2D eigenvalue weighted by Gasteiger charge is 2.61. The minimum Gasteiger partial charge on any atom is -0.481 e. The predicted molar refractivity (Wildman–Crippen MR) is 143 cm³/mol. The lowest BCUT2D eigenvalue weighted by atomic mass is 9.70. The summed E-state index contributed by atoms with van der Waals surface area (Å²) in [6.07, 6.45) is -5.81. The van der Waals surface area contributed by atoms with E-state index >= 15 is 4.39 Å². The van der Waals surface area contributed by atoms with Crippen molar-refractivity contribution in [3.05, 3.63) is 64.7 Å². The first kappa shape index (κ1) is 28.8. The number of hydrogen-bond donors (Lipinski definition) is 3. The number of alkyl halides is 5. The number of carboxylic acids is 1. The number of halogens is 6. The van der Waals surface area contributed by atoms with Crippen LogP contribution in [-0.2, 0) is 17.4 Å². The summed E-state index contributed by atoms with van der Waals surface area (Å²) in [7, 11) is 0. The van der Waals surface area contributed by atoms with Crippen molar-refractivity contribution in [1.29, 1.82) is 0 Å². The molecule has 5 aliphatic rings. The number of aromatic nitrogens is 2. The predicted octanol–water partition coefficient (Wildman–Crippen LogP) is 6.75. The Morgan fingerprint density at radius 1 is 1.11 bits per heavy atom. The van der Waals surface area contributed by atoms with Gasteiger partial charge in [0.15, 0.2) is 17.2 Å². The van der Waals surface area contributed by atoms with E-state index in [4.69, 9.17) is 0 Å². The molecule has 4 aliphatic carbocycles. The summed E-state index contributed by atoms with van der Waals surface area (Å²) in [5, 5.41) is 20.1. The number of nitrogens with one attached hydrogen (secondary N) is 2. The number of benzene rings is 2. The van der Waals surface area contributed by atoms with Crippen LogP contribution in [0.15, 0.2) is 36.4 Å². The summed E-state index contributed by atoms with van der Waals surface area (Å²) >= 11 is 0. The molecule has 0 spiro atoms. The zero-order valence-corrected chi connectivity index (χ0v) is 23.4. The third kappa shape index (κ3) is 4.74. The molecule has 0 radical (unpaired) electrons. The van der Waals surface area contributed by atoms with Crippen LogP contribution in [0, 0.1) is 17.2 Å². The Bertz CT molecular complexity index is 1650. The molecule has 1 unspecified atom stereocenters. The zero-order valence-electron chi connectivity index (χ0n) is 23.4. The number of aliphatic carboxylic acids is 1. The van der Waals surface area contributed by atoms with Crippen molar-refractivity contribution in [2.24, 2.45) is 11.3 Å². The van der Waals surface area contributed by atoms with Gasteiger partial charge >= 0.3 is 18.4 Å². The molecule has 14 heteroatoms. The lowest BCUT2D eigenvalue weighted by Crippen LogP contribution is -2.39. The van der Waals surface area contributed by atoms with E-state index < -0.39 is 47.5 Å². The van der Waals surface area contributed by atoms with Crippen LogP contribution in [0.2, 0.25) is 0 Å². The van der Waals surface area contributed by atoms with E-state index in [0.29, 0.717) is 43.4 Å². The normalized spacial score (nSPS) is 27.0. The summed E-state index contributed by atoms with van der Waals surface area (Å²) in [5.41, 5.74) is -0.723. The van der Waals surface area contributed by atoms with Crippen LogP contribution in [-0.4, -0.2) is 33.2 Å². The molecule has 234 valence electrons. The summed E-state index contributed by atoms with van der Waals surface area (Å²) in [6, 6.07) is 6.72. The number of nitrogens with zero attached hydrogens (tertiary/aromatic N) is 2. The molecule has 3 N–H and O–H groups in total. The fraction of sp³-hybridized carbons (Fsp3) is 0.467. The number of carbonyl (C=O) groups is 1. The molecule has 3 saturated carbocycles. The van der Waals surface area contributed by atoms with Crippen molar-refractivity contribution in [1.82, 2.24) is 15.1 Å². The number of ether oxygens (including phenoxy) is 2.